The van der Waals surface area contributed by atoms with Gasteiger partial charge in [0, 0.05) is 13.1 Å². The van der Waals surface area contributed by atoms with Crippen molar-refractivity contribution in [2.24, 2.45) is 5.73 Å². The van der Waals surface area contributed by atoms with Crippen LogP contribution in [0.5, 0.6) is 5.75 Å². The lowest BCUT2D eigenvalue weighted by atomic mass is 10.3. The minimum absolute atomic E-state index is 0.0487. The van der Waals surface area contributed by atoms with Crippen molar-refractivity contribution in [3.05, 3.63) is 24.3 Å². The standard InChI is InChI=1S/C11H18N2O3S/c1-3-13(17(14,15)9-8-12)10-4-6-11(16-2)7-5-10/h4-7H,3,8-9,12H2,1-2H3. The molecule has 0 amide bonds. The molecule has 0 radical (unpaired) electrons. The highest BCUT2D eigenvalue weighted by Gasteiger charge is 2.19. The Morgan fingerprint density at radius 1 is 1.29 bits per heavy atom. The summed E-state index contributed by atoms with van der Waals surface area (Å²) < 4.78 is 30.2. The number of benzene rings is 1. The molecule has 0 aliphatic carbocycles. The summed E-state index contributed by atoms with van der Waals surface area (Å²) in [6.07, 6.45) is 0. The highest BCUT2D eigenvalue weighted by molar-refractivity contribution is 7.92. The summed E-state index contributed by atoms with van der Waals surface area (Å²) >= 11 is 0. The molecule has 0 saturated heterocycles. The van der Waals surface area contributed by atoms with Crippen LogP contribution in [0.2, 0.25) is 0 Å². The molecule has 0 bridgehead atoms. The van der Waals surface area contributed by atoms with Gasteiger partial charge >= 0.3 is 0 Å². The van der Waals surface area contributed by atoms with Gasteiger partial charge in [-0.2, -0.15) is 0 Å². The van der Waals surface area contributed by atoms with Crippen molar-refractivity contribution in [3.63, 3.8) is 0 Å². The molecule has 17 heavy (non-hydrogen) atoms. The SMILES string of the molecule is CCN(c1ccc(OC)cc1)S(=O)(=O)CCN. The highest BCUT2D eigenvalue weighted by atomic mass is 32.2. The van der Waals surface area contributed by atoms with E-state index < -0.39 is 10.0 Å². The fourth-order valence-corrected chi connectivity index (χ4v) is 2.90. The Bertz CT molecular complexity index is 442. The van der Waals surface area contributed by atoms with E-state index in [1.165, 1.54) is 4.31 Å². The Morgan fingerprint density at radius 2 is 1.88 bits per heavy atom. The van der Waals surface area contributed by atoms with Gasteiger partial charge in [-0.1, -0.05) is 0 Å². The van der Waals surface area contributed by atoms with Gasteiger partial charge in [-0.3, -0.25) is 4.31 Å². The maximum absolute atomic E-state index is 11.9. The molecule has 0 heterocycles. The normalized spacial score (nSPS) is 11.2. The minimum atomic E-state index is -3.33. The fraction of sp³-hybridized carbons (Fsp3) is 0.455. The number of nitrogens with two attached hydrogens (primary N) is 1. The monoisotopic (exact) mass is 258 g/mol. The van der Waals surface area contributed by atoms with Gasteiger partial charge in [0.1, 0.15) is 5.75 Å². The molecule has 1 rings (SSSR count). The maximum atomic E-state index is 11.9. The Hall–Kier alpha value is -1.27. The summed E-state index contributed by atoms with van der Waals surface area (Å²) in [5, 5.41) is 0. The minimum Gasteiger partial charge on any atom is -0.497 e. The van der Waals surface area contributed by atoms with Crippen LogP contribution >= 0.6 is 0 Å². The quantitative estimate of drug-likeness (QED) is 0.819. The molecule has 1 aromatic carbocycles. The first kappa shape index (κ1) is 13.8. The summed E-state index contributed by atoms with van der Waals surface area (Å²) in [5.41, 5.74) is 5.93. The molecule has 0 spiro atoms. The van der Waals surface area contributed by atoms with Crippen LogP contribution in [0.1, 0.15) is 6.92 Å². The van der Waals surface area contributed by atoms with E-state index in [2.05, 4.69) is 0 Å². The second-order valence-corrected chi connectivity index (χ2v) is 5.48. The summed E-state index contributed by atoms with van der Waals surface area (Å²) in [4.78, 5) is 0. The first-order chi connectivity index (χ1) is 8.05. The van der Waals surface area contributed by atoms with Gasteiger partial charge in [-0.25, -0.2) is 8.42 Å². The van der Waals surface area contributed by atoms with Crippen LogP contribution in [0.3, 0.4) is 0 Å². The second kappa shape index (κ2) is 5.88. The van der Waals surface area contributed by atoms with Gasteiger partial charge in [0.25, 0.3) is 0 Å². The number of hydrogen-bond donors (Lipinski definition) is 1. The van der Waals surface area contributed by atoms with Crippen molar-refractivity contribution >= 4 is 15.7 Å². The average Bonchev–Trinajstić information content (AvgIpc) is 2.30. The van der Waals surface area contributed by atoms with Gasteiger partial charge < -0.3 is 10.5 Å². The first-order valence-electron chi connectivity index (χ1n) is 5.39. The molecule has 0 aliphatic rings. The maximum Gasteiger partial charge on any atom is 0.236 e. The van der Waals surface area contributed by atoms with E-state index in [0.717, 1.165) is 0 Å². The number of ether oxygens (including phenoxy) is 1. The van der Waals surface area contributed by atoms with Crippen molar-refractivity contribution in [1.29, 1.82) is 0 Å². The second-order valence-electron chi connectivity index (χ2n) is 3.47. The molecule has 1 aromatic rings. The molecule has 0 atom stereocenters. The van der Waals surface area contributed by atoms with E-state index in [0.29, 0.717) is 18.0 Å². The van der Waals surface area contributed by atoms with Crippen LogP contribution in [0, 0.1) is 0 Å². The first-order valence-corrected chi connectivity index (χ1v) is 7.00. The summed E-state index contributed by atoms with van der Waals surface area (Å²) in [7, 11) is -1.76. The van der Waals surface area contributed by atoms with Gasteiger partial charge in [0.05, 0.1) is 18.6 Å². The zero-order valence-corrected chi connectivity index (χ0v) is 10.9. The van der Waals surface area contributed by atoms with Crippen LogP contribution in [-0.2, 0) is 10.0 Å². The number of hydrogen-bond acceptors (Lipinski definition) is 4. The van der Waals surface area contributed by atoms with Gasteiger partial charge in [0.2, 0.25) is 10.0 Å². The molecule has 6 heteroatoms. The van der Waals surface area contributed by atoms with Crippen LogP contribution in [0.4, 0.5) is 5.69 Å². The molecule has 2 N–H and O–H groups in total. The number of nitrogens with zero attached hydrogens (tertiary/aromatic N) is 1. The summed E-state index contributed by atoms with van der Waals surface area (Å²) in [5.74, 6) is 0.647. The molecular formula is C11H18N2O3S. The van der Waals surface area contributed by atoms with Gasteiger partial charge in [-0.15, -0.1) is 0 Å². The van der Waals surface area contributed by atoms with E-state index in [1.54, 1.807) is 38.3 Å². The summed E-state index contributed by atoms with van der Waals surface area (Å²) in [6.45, 7) is 2.29. The molecule has 0 fully saturated rings. The third kappa shape index (κ3) is 3.34. The highest BCUT2D eigenvalue weighted by Crippen LogP contribution is 2.21. The topological polar surface area (TPSA) is 72.6 Å². The molecule has 0 aromatic heterocycles. The summed E-state index contributed by atoms with van der Waals surface area (Å²) in [6, 6.07) is 6.90. The van der Waals surface area contributed by atoms with E-state index in [1.807, 2.05) is 0 Å². The Morgan fingerprint density at radius 3 is 2.29 bits per heavy atom. The number of methoxy groups -OCH3 is 1. The lowest BCUT2D eigenvalue weighted by Crippen LogP contribution is -2.35. The Kier molecular flexibility index (Phi) is 4.77. The largest absolute Gasteiger partial charge is 0.497 e. The van der Waals surface area contributed by atoms with Crippen molar-refractivity contribution in [2.45, 2.75) is 6.92 Å². The van der Waals surface area contributed by atoms with E-state index in [-0.39, 0.29) is 12.3 Å². The van der Waals surface area contributed by atoms with Gasteiger partial charge in [-0.05, 0) is 31.2 Å². The molecule has 96 valence electrons. The zero-order chi connectivity index (χ0) is 12.9. The smallest absolute Gasteiger partial charge is 0.236 e. The van der Waals surface area contributed by atoms with E-state index in [4.69, 9.17) is 10.5 Å². The molecule has 5 nitrogen and oxygen atoms in total. The third-order valence-corrected chi connectivity index (χ3v) is 4.25. The molecule has 0 unspecified atom stereocenters. The third-order valence-electron chi connectivity index (χ3n) is 2.36. The van der Waals surface area contributed by atoms with Crippen LogP contribution in [-0.4, -0.2) is 34.4 Å². The Balaban J connectivity index is 3.01. The predicted molar refractivity (Wildman–Crippen MR) is 68.9 cm³/mol. The van der Waals surface area contributed by atoms with Gasteiger partial charge in [0.15, 0.2) is 0 Å². The van der Waals surface area contributed by atoms with E-state index >= 15 is 0 Å². The van der Waals surface area contributed by atoms with Crippen LogP contribution in [0.15, 0.2) is 24.3 Å². The zero-order valence-electron chi connectivity index (χ0n) is 10.1. The average molecular weight is 258 g/mol. The number of anilines is 1. The lowest BCUT2D eigenvalue weighted by molar-refractivity contribution is 0.415. The van der Waals surface area contributed by atoms with Crippen molar-refractivity contribution in [3.8, 4) is 5.75 Å². The molecular weight excluding hydrogens is 240 g/mol. The molecule has 0 aliphatic heterocycles. The Labute approximate surface area is 102 Å². The van der Waals surface area contributed by atoms with Crippen molar-refractivity contribution in [1.82, 2.24) is 0 Å². The van der Waals surface area contributed by atoms with Crippen LogP contribution in [0.25, 0.3) is 0 Å². The number of rotatable bonds is 6. The number of sulfonamides is 1. The van der Waals surface area contributed by atoms with E-state index in [9.17, 15) is 8.42 Å². The van der Waals surface area contributed by atoms with Crippen molar-refractivity contribution < 1.29 is 13.2 Å². The lowest BCUT2D eigenvalue weighted by Gasteiger charge is -2.22. The predicted octanol–water partition coefficient (Wildman–Crippen LogP) is 0.810. The fourth-order valence-electron chi connectivity index (χ4n) is 1.55. The van der Waals surface area contributed by atoms with Crippen LogP contribution < -0.4 is 14.8 Å². The van der Waals surface area contributed by atoms with Crippen molar-refractivity contribution in [2.75, 3.05) is 30.3 Å². The molecule has 0 saturated carbocycles.